The van der Waals surface area contributed by atoms with Gasteiger partial charge in [-0.15, -0.1) is 11.8 Å². The van der Waals surface area contributed by atoms with Gasteiger partial charge in [0, 0.05) is 24.1 Å². The van der Waals surface area contributed by atoms with E-state index in [4.69, 9.17) is 4.52 Å². The molecule has 0 N–H and O–H groups in total. The summed E-state index contributed by atoms with van der Waals surface area (Å²) < 4.78 is 6.73. The summed E-state index contributed by atoms with van der Waals surface area (Å²) in [5.74, 6) is 2.22. The fraction of sp³-hybridized carbons (Fsp3) is 0.267. The largest absolute Gasteiger partial charge is 0.360 e. The van der Waals surface area contributed by atoms with Crippen molar-refractivity contribution in [3.63, 3.8) is 0 Å². The van der Waals surface area contributed by atoms with E-state index in [1.165, 1.54) is 0 Å². The monoisotopic (exact) mass is 301 g/mol. The van der Waals surface area contributed by atoms with Gasteiger partial charge in [0.25, 0.3) is 5.56 Å². The lowest BCUT2D eigenvalue weighted by atomic mass is 10.3. The van der Waals surface area contributed by atoms with Gasteiger partial charge < -0.3 is 4.52 Å². The molecule has 108 valence electrons. The van der Waals surface area contributed by atoms with Crippen molar-refractivity contribution in [1.29, 1.82) is 0 Å². The Balaban J connectivity index is 1.78. The maximum atomic E-state index is 12.1. The summed E-state index contributed by atoms with van der Waals surface area (Å²) in [6, 6.07) is 7.31. The third-order valence-corrected chi connectivity index (χ3v) is 4.10. The Morgan fingerprint density at radius 1 is 1.29 bits per heavy atom. The first-order valence-electron chi connectivity index (χ1n) is 6.61. The molecule has 21 heavy (non-hydrogen) atoms. The number of pyridine rings is 1. The van der Waals surface area contributed by atoms with E-state index in [2.05, 4.69) is 10.1 Å². The Morgan fingerprint density at radius 3 is 2.90 bits per heavy atom. The second-order valence-electron chi connectivity index (χ2n) is 4.90. The zero-order valence-electron chi connectivity index (χ0n) is 11.9. The number of aryl methyl sites for hydroxylation is 2. The van der Waals surface area contributed by atoms with Gasteiger partial charge in [-0.05, 0) is 25.5 Å². The lowest BCUT2D eigenvalue weighted by Crippen LogP contribution is -2.15. The van der Waals surface area contributed by atoms with E-state index in [0.29, 0.717) is 5.75 Å². The van der Waals surface area contributed by atoms with Gasteiger partial charge in [-0.2, -0.15) is 0 Å². The molecule has 0 saturated carbocycles. The van der Waals surface area contributed by atoms with Crippen molar-refractivity contribution in [2.45, 2.75) is 25.4 Å². The van der Waals surface area contributed by atoms with Crippen LogP contribution in [0, 0.1) is 13.8 Å². The van der Waals surface area contributed by atoms with Crippen molar-refractivity contribution in [3.05, 3.63) is 63.5 Å². The predicted molar refractivity (Wildman–Crippen MR) is 82.4 cm³/mol. The third kappa shape index (κ3) is 3.00. The molecule has 3 rings (SSSR count). The standard InChI is InChI=1S/C15H15N3O2S/c1-10-4-3-5-18-14(19)7-12(16-15(10)18)8-21-9-13-6-11(2)17-20-13/h3-7H,8-9H2,1-2H3. The van der Waals surface area contributed by atoms with Crippen molar-refractivity contribution in [1.82, 2.24) is 14.5 Å². The van der Waals surface area contributed by atoms with Crippen LogP contribution in [0.15, 0.2) is 39.8 Å². The maximum absolute atomic E-state index is 12.1. The van der Waals surface area contributed by atoms with Crippen LogP contribution in [0.3, 0.4) is 0 Å². The fourth-order valence-corrected chi connectivity index (χ4v) is 2.92. The van der Waals surface area contributed by atoms with Crippen LogP contribution in [0.4, 0.5) is 0 Å². The lowest BCUT2D eigenvalue weighted by molar-refractivity contribution is 0.391. The zero-order chi connectivity index (χ0) is 14.8. The summed E-state index contributed by atoms with van der Waals surface area (Å²) >= 11 is 1.65. The highest BCUT2D eigenvalue weighted by Crippen LogP contribution is 2.17. The van der Waals surface area contributed by atoms with Gasteiger partial charge >= 0.3 is 0 Å². The van der Waals surface area contributed by atoms with Crippen molar-refractivity contribution in [3.8, 4) is 0 Å². The van der Waals surface area contributed by atoms with Crippen LogP contribution in [-0.4, -0.2) is 14.5 Å². The number of hydrogen-bond donors (Lipinski definition) is 0. The Labute approximate surface area is 126 Å². The SMILES string of the molecule is Cc1cc(CSCc2cc(=O)n3cccc(C)c3n2)on1. The number of hydrogen-bond acceptors (Lipinski definition) is 5. The van der Waals surface area contributed by atoms with E-state index >= 15 is 0 Å². The molecule has 0 atom stereocenters. The van der Waals surface area contributed by atoms with Crippen LogP contribution in [0.1, 0.15) is 22.7 Å². The van der Waals surface area contributed by atoms with Gasteiger partial charge in [-0.25, -0.2) is 4.98 Å². The van der Waals surface area contributed by atoms with Crippen LogP contribution < -0.4 is 5.56 Å². The molecule has 0 bridgehead atoms. The Kier molecular flexibility index (Phi) is 3.79. The molecule has 0 aliphatic rings. The van der Waals surface area contributed by atoms with Gasteiger partial charge in [-0.1, -0.05) is 11.2 Å². The second kappa shape index (κ2) is 5.73. The zero-order valence-corrected chi connectivity index (χ0v) is 12.7. The van der Waals surface area contributed by atoms with Gasteiger partial charge in [0.1, 0.15) is 11.4 Å². The number of rotatable bonds is 4. The molecular weight excluding hydrogens is 286 g/mol. The van der Waals surface area contributed by atoms with Crippen LogP contribution in [0.25, 0.3) is 5.65 Å². The average Bonchev–Trinajstić information content (AvgIpc) is 2.86. The summed E-state index contributed by atoms with van der Waals surface area (Å²) in [7, 11) is 0. The second-order valence-corrected chi connectivity index (χ2v) is 5.88. The minimum atomic E-state index is -0.0465. The van der Waals surface area contributed by atoms with Crippen LogP contribution >= 0.6 is 11.8 Å². The first kappa shape index (κ1) is 13.9. The minimum absolute atomic E-state index is 0.0465. The molecule has 3 heterocycles. The number of thioether (sulfide) groups is 1. The molecule has 0 spiro atoms. The van der Waals surface area contributed by atoms with Crippen molar-refractivity contribution in [2.75, 3.05) is 0 Å². The Hall–Kier alpha value is -2.08. The molecule has 0 aromatic carbocycles. The molecular formula is C15H15N3O2S. The van der Waals surface area contributed by atoms with E-state index in [0.717, 1.165) is 34.1 Å². The van der Waals surface area contributed by atoms with Gasteiger partial charge in [-0.3, -0.25) is 9.20 Å². The highest BCUT2D eigenvalue weighted by Gasteiger charge is 2.06. The number of fused-ring (bicyclic) bond motifs is 1. The topological polar surface area (TPSA) is 60.4 Å². The Bertz CT molecular complexity index is 838. The summed E-state index contributed by atoms with van der Waals surface area (Å²) in [6.07, 6.45) is 1.74. The van der Waals surface area contributed by atoms with Crippen LogP contribution in [-0.2, 0) is 11.5 Å². The summed E-state index contributed by atoms with van der Waals surface area (Å²) in [4.78, 5) is 16.6. The van der Waals surface area contributed by atoms with E-state index in [9.17, 15) is 4.79 Å². The molecule has 0 fully saturated rings. The van der Waals surface area contributed by atoms with Crippen molar-refractivity contribution < 1.29 is 4.52 Å². The molecule has 0 amide bonds. The first-order valence-corrected chi connectivity index (χ1v) is 7.77. The highest BCUT2D eigenvalue weighted by molar-refractivity contribution is 7.97. The molecule has 5 nitrogen and oxygen atoms in total. The molecule has 0 radical (unpaired) electrons. The molecule has 0 aliphatic heterocycles. The van der Waals surface area contributed by atoms with E-state index in [1.807, 2.05) is 32.0 Å². The van der Waals surface area contributed by atoms with E-state index in [-0.39, 0.29) is 5.56 Å². The van der Waals surface area contributed by atoms with Gasteiger partial charge in [0.15, 0.2) is 0 Å². The molecule has 6 heteroatoms. The highest BCUT2D eigenvalue weighted by atomic mass is 32.2. The van der Waals surface area contributed by atoms with Crippen LogP contribution in [0.5, 0.6) is 0 Å². The van der Waals surface area contributed by atoms with Crippen molar-refractivity contribution in [2.24, 2.45) is 0 Å². The van der Waals surface area contributed by atoms with Gasteiger partial charge in [0.05, 0.1) is 17.1 Å². The number of aromatic nitrogens is 3. The first-order chi connectivity index (χ1) is 10.1. The maximum Gasteiger partial charge on any atom is 0.258 e. The quantitative estimate of drug-likeness (QED) is 0.741. The molecule has 3 aromatic rings. The summed E-state index contributed by atoms with van der Waals surface area (Å²) in [5.41, 5.74) is 3.33. The summed E-state index contributed by atoms with van der Waals surface area (Å²) in [6.45, 7) is 3.85. The molecule has 3 aromatic heterocycles. The normalized spacial score (nSPS) is 11.1. The number of nitrogens with zero attached hydrogens (tertiary/aromatic N) is 3. The van der Waals surface area contributed by atoms with E-state index in [1.54, 1.807) is 28.4 Å². The van der Waals surface area contributed by atoms with E-state index < -0.39 is 0 Å². The lowest BCUT2D eigenvalue weighted by Gasteiger charge is -2.05. The van der Waals surface area contributed by atoms with Crippen LogP contribution in [0.2, 0.25) is 0 Å². The molecule has 0 aliphatic carbocycles. The van der Waals surface area contributed by atoms with Crippen molar-refractivity contribution >= 4 is 17.4 Å². The predicted octanol–water partition coefficient (Wildman–Crippen LogP) is 2.73. The van der Waals surface area contributed by atoms with Gasteiger partial charge in [0.2, 0.25) is 0 Å². The molecule has 0 saturated heterocycles. The summed E-state index contributed by atoms with van der Waals surface area (Å²) in [5, 5.41) is 3.85. The Morgan fingerprint density at radius 2 is 2.14 bits per heavy atom. The smallest absolute Gasteiger partial charge is 0.258 e. The fourth-order valence-electron chi connectivity index (χ4n) is 2.12. The molecule has 0 unspecified atom stereocenters. The average molecular weight is 301 g/mol. The third-order valence-electron chi connectivity index (χ3n) is 3.11. The minimum Gasteiger partial charge on any atom is -0.360 e.